The van der Waals surface area contributed by atoms with Gasteiger partial charge in [0.25, 0.3) is 0 Å². The molecule has 0 radical (unpaired) electrons. The first-order valence-electron chi connectivity index (χ1n) is 10.2. The topological polar surface area (TPSA) is 41.9 Å². The Balaban J connectivity index is 1.77. The molecule has 0 aliphatic carbocycles. The molecule has 2 unspecified atom stereocenters. The quantitative estimate of drug-likeness (QED) is 0.445. The van der Waals surface area contributed by atoms with Crippen LogP contribution in [0.5, 0.6) is 11.5 Å². The van der Waals surface area contributed by atoms with Gasteiger partial charge < -0.3 is 19.5 Å². The van der Waals surface area contributed by atoms with Gasteiger partial charge in [0.05, 0.1) is 18.3 Å². The van der Waals surface area contributed by atoms with E-state index < -0.39 is 37.0 Å². The molecule has 0 spiro atoms. The summed E-state index contributed by atoms with van der Waals surface area (Å²) in [5.74, 6) is -0.238. The normalized spacial score (nSPS) is 17.0. The summed E-state index contributed by atoms with van der Waals surface area (Å²) in [7, 11) is 0. The molecule has 1 aliphatic heterocycles. The molecule has 0 saturated heterocycles. The van der Waals surface area contributed by atoms with Gasteiger partial charge in [-0.25, -0.2) is 0 Å². The summed E-state index contributed by atoms with van der Waals surface area (Å²) in [6.07, 6.45) is -12.3. The Labute approximate surface area is 191 Å². The average Bonchev–Trinajstić information content (AvgIpc) is 2.78. The Bertz CT molecular complexity index is 1130. The molecule has 1 N–H and O–H groups in total. The van der Waals surface area contributed by atoms with Crippen molar-refractivity contribution >= 4 is 5.69 Å². The van der Waals surface area contributed by atoms with Gasteiger partial charge in [-0.2, -0.15) is 13.2 Å². The van der Waals surface area contributed by atoms with Crippen LogP contribution in [0.2, 0.25) is 0 Å². The number of hydrogen-bond donors (Lipinski definition) is 1. The van der Waals surface area contributed by atoms with Crippen molar-refractivity contribution in [3.8, 4) is 22.6 Å². The van der Waals surface area contributed by atoms with E-state index in [1.165, 1.54) is 17.0 Å². The van der Waals surface area contributed by atoms with E-state index in [0.717, 1.165) is 6.07 Å². The first kappa shape index (κ1) is 23.7. The van der Waals surface area contributed by atoms with Gasteiger partial charge in [-0.15, -0.1) is 13.2 Å². The Morgan fingerprint density at radius 1 is 0.941 bits per heavy atom. The number of rotatable bonds is 5. The lowest BCUT2D eigenvalue weighted by atomic mass is 9.98. The lowest BCUT2D eigenvalue weighted by Crippen LogP contribution is -2.46. The van der Waals surface area contributed by atoms with Gasteiger partial charge in [-0.05, 0) is 29.3 Å². The number of alkyl halides is 6. The highest BCUT2D eigenvalue weighted by Gasteiger charge is 2.42. The molecule has 0 aromatic heterocycles. The van der Waals surface area contributed by atoms with Crippen LogP contribution in [0, 0.1) is 0 Å². The molecule has 0 fully saturated rings. The maximum absolute atomic E-state index is 13.2. The minimum atomic E-state index is -4.88. The third kappa shape index (κ3) is 5.22. The first-order chi connectivity index (χ1) is 16.0. The molecule has 0 amide bonds. The molecule has 2 atom stereocenters. The van der Waals surface area contributed by atoms with Crippen LogP contribution in [0.25, 0.3) is 11.1 Å². The molecule has 180 valence electrons. The van der Waals surface area contributed by atoms with Crippen LogP contribution in [-0.2, 0) is 0 Å². The molecule has 3 aromatic rings. The summed E-state index contributed by atoms with van der Waals surface area (Å²) >= 11 is 0. The SMILES string of the molecule is OC(CN1c2cccc(-c3cccc(OC(F)(F)F)c3)c2OCC1c1ccccc1)C(F)(F)F. The van der Waals surface area contributed by atoms with Crippen LogP contribution in [0.3, 0.4) is 0 Å². The molecular formula is C24H19F6NO3. The van der Waals surface area contributed by atoms with Crippen LogP contribution in [-0.4, -0.2) is 36.9 Å². The summed E-state index contributed by atoms with van der Waals surface area (Å²) in [4.78, 5) is 1.41. The summed E-state index contributed by atoms with van der Waals surface area (Å²) in [6.45, 7) is -0.780. The fourth-order valence-corrected chi connectivity index (χ4v) is 3.88. The highest BCUT2D eigenvalue weighted by Crippen LogP contribution is 2.46. The number of fused-ring (bicyclic) bond motifs is 1. The molecule has 34 heavy (non-hydrogen) atoms. The highest BCUT2D eigenvalue weighted by molar-refractivity contribution is 5.80. The second kappa shape index (κ2) is 9.09. The Morgan fingerprint density at radius 3 is 2.32 bits per heavy atom. The Hall–Kier alpha value is -3.40. The molecule has 10 heteroatoms. The molecule has 0 bridgehead atoms. The highest BCUT2D eigenvalue weighted by atomic mass is 19.4. The second-order valence-electron chi connectivity index (χ2n) is 7.68. The van der Waals surface area contributed by atoms with E-state index in [2.05, 4.69) is 4.74 Å². The zero-order chi connectivity index (χ0) is 24.5. The minimum absolute atomic E-state index is 0.0304. The number of ether oxygens (including phenoxy) is 2. The van der Waals surface area contributed by atoms with Crippen molar-refractivity contribution in [1.82, 2.24) is 0 Å². The number of anilines is 1. The molecule has 1 heterocycles. The number of nitrogens with zero attached hydrogens (tertiary/aromatic N) is 1. The van der Waals surface area contributed by atoms with Crippen LogP contribution in [0.15, 0.2) is 72.8 Å². The van der Waals surface area contributed by atoms with Gasteiger partial charge in [0.2, 0.25) is 0 Å². The number of β-amino-alcohol motifs (C(OH)–C–C–N with tert-alkyl or cyclic N) is 1. The van der Waals surface area contributed by atoms with Gasteiger partial charge in [-0.3, -0.25) is 0 Å². The maximum atomic E-state index is 13.2. The fourth-order valence-electron chi connectivity index (χ4n) is 3.88. The van der Waals surface area contributed by atoms with Gasteiger partial charge in [0, 0.05) is 5.56 Å². The van der Waals surface area contributed by atoms with Crippen LogP contribution in [0.4, 0.5) is 32.0 Å². The molecular weight excluding hydrogens is 464 g/mol. The van der Waals surface area contributed by atoms with Gasteiger partial charge in [0.1, 0.15) is 12.4 Å². The Morgan fingerprint density at radius 2 is 1.65 bits per heavy atom. The van der Waals surface area contributed by atoms with E-state index >= 15 is 0 Å². The van der Waals surface area contributed by atoms with E-state index in [-0.39, 0.29) is 18.0 Å². The molecule has 1 aliphatic rings. The minimum Gasteiger partial charge on any atom is -0.488 e. The van der Waals surface area contributed by atoms with Crippen molar-refractivity contribution in [1.29, 1.82) is 0 Å². The number of halogens is 6. The zero-order valence-corrected chi connectivity index (χ0v) is 17.5. The van der Waals surface area contributed by atoms with E-state index in [4.69, 9.17) is 4.74 Å². The number of aliphatic hydroxyl groups is 1. The zero-order valence-electron chi connectivity index (χ0n) is 17.5. The fraction of sp³-hybridized carbons (Fsp3) is 0.250. The third-order valence-corrected chi connectivity index (χ3v) is 5.38. The molecule has 4 rings (SSSR count). The van der Waals surface area contributed by atoms with Gasteiger partial charge >= 0.3 is 12.5 Å². The van der Waals surface area contributed by atoms with Gasteiger partial charge in [-0.1, -0.05) is 54.6 Å². The van der Waals surface area contributed by atoms with E-state index in [9.17, 15) is 31.4 Å². The number of aliphatic hydroxyl groups excluding tert-OH is 1. The molecule has 4 nitrogen and oxygen atoms in total. The smallest absolute Gasteiger partial charge is 0.488 e. The summed E-state index contributed by atoms with van der Waals surface area (Å²) in [5.41, 5.74) is 1.67. The predicted molar refractivity (Wildman–Crippen MR) is 113 cm³/mol. The van der Waals surface area contributed by atoms with Crippen LogP contribution in [0.1, 0.15) is 11.6 Å². The van der Waals surface area contributed by atoms with Crippen molar-refractivity contribution in [2.75, 3.05) is 18.1 Å². The van der Waals surface area contributed by atoms with Crippen molar-refractivity contribution in [3.05, 3.63) is 78.4 Å². The maximum Gasteiger partial charge on any atom is 0.573 e. The van der Waals surface area contributed by atoms with E-state index in [0.29, 0.717) is 16.7 Å². The summed E-state index contributed by atoms with van der Waals surface area (Å²) in [5, 5.41) is 9.83. The van der Waals surface area contributed by atoms with Crippen LogP contribution >= 0.6 is 0 Å². The monoisotopic (exact) mass is 483 g/mol. The van der Waals surface area contributed by atoms with Crippen LogP contribution < -0.4 is 14.4 Å². The summed E-state index contributed by atoms with van der Waals surface area (Å²) in [6, 6.07) is 18.0. The number of benzene rings is 3. The second-order valence-corrected chi connectivity index (χ2v) is 7.68. The predicted octanol–water partition coefficient (Wildman–Crippen LogP) is 6.12. The first-order valence-corrected chi connectivity index (χ1v) is 10.2. The lowest BCUT2D eigenvalue weighted by molar-refractivity contribution is -0.274. The Kier molecular flexibility index (Phi) is 6.35. The standard InChI is InChI=1S/C24H19F6NO3/c25-23(26,27)21(32)13-31-19-11-5-10-18(16-8-4-9-17(12-16)34-24(28,29)30)22(19)33-14-20(31)15-6-2-1-3-7-15/h1-12,20-21,32H,13-14H2. The molecule has 3 aromatic carbocycles. The number of para-hydroxylation sites is 1. The molecule has 0 saturated carbocycles. The average molecular weight is 483 g/mol. The van der Waals surface area contributed by atoms with Crippen molar-refractivity contribution in [2.24, 2.45) is 0 Å². The third-order valence-electron chi connectivity index (χ3n) is 5.38. The van der Waals surface area contributed by atoms with Crippen molar-refractivity contribution < 1.29 is 40.9 Å². The van der Waals surface area contributed by atoms with Crippen molar-refractivity contribution in [2.45, 2.75) is 24.7 Å². The van der Waals surface area contributed by atoms with E-state index in [1.54, 1.807) is 54.6 Å². The van der Waals surface area contributed by atoms with Crippen molar-refractivity contribution in [3.63, 3.8) is 0 Å². The summed E-state index contributed by atoms with van der Waals surface area (Å²) < 4.78 is 87.5. The van der Waals surface area contributed by atoms with Gasteiger partial charge in [0.15, 0.2) is 11.9 Å². The number of hydrogen-bond acceptors (Lipinski definition) is 4. The lowest BCUT2D eigenvalue weighted by Gasteiger charge is -2.40. The largest absolute Gasteiger partial charge is 0.573 e. The van der Waals surface area contributed by atoms with E-state index in [1.807, 2.05) is 0 Å².